The molecule has 0 fully saturated rings. The van der Waals surface area contributed by atoms with Crippen molar-refractivity contribution in [2.45, 2.75) is 39.3 Å². The Hall–Kier alpha value is -3.69. The van der Waals surface area contributed by atoms with E-state index in [-0.39, 0.29) is 36.4 Å². The molecule has 1 atom stereocenters. The molecule has 0 radical (unpaired) electrons. The number of benzene rings is 2. The van der Waals surface area contributed by atoms with Gasteiger partial charge in [-0.3, -0.25) is 9.59 Å². The highest BCUT2D eigenvalue weighted by Gasteiger charge is 2.47. The van der Waals surface area contributed by atoms with Crippen LogP contribution in [0.15, 0.2) is 30.3 Å². The Morgan fingerprint density at radius 1 is 1.15 bits per heavy atom. The van der Waals surface area contributed by atoms with Gasteiger partial charge in [-0.15, -0.1) is 0 Å². The molecule has 10 heteroatoms. The van der Waals surface area contributed by atoms with E-state index in [4.69, 9.17) is 4.74 Å². The number of rotatable bonds is 6. The van der Waals surface area contributed by atoms with E-state index >= 15 is 0 Å². The molecular weight excluding hydrogens is 448 g/mol. The number of aryl methyl sites for hydroxylation is 1. The lowest BCUT2D eigenvalue weighted by Gasteiger charge is -2.41. The van der Waals surface area contributed by atoms with Gasteiger partial charge in [-0.2, -0.15) is 0 Å². The maximum absolute atomic E-state index is 14.0. The number of hydrogen-bond acceptors (Lipinski definition) is 5. The third-order valence-corrected chi connectivity index (χ3v) is 5.43. The zero-order chi connectivity index (χ0) is 25.2. The minimum atomic E-state index is -1.75. The van der Waals surface area contributed by atoms with Crippen LogP contribution in [-0.4, -0.2) is 44.1 Å². The molecule has 0 aliphatic carbocycles. The number of amides is 3. The summed E-state index contributed by atoms with van der Waals surface area (Å²) < 4.78 is 38.6. The van der Waals surface area contributed by atoms with Crippen molar-refractivity contribution >= 4 is 23.6 Å². The first kappa shape index (κ1) is 24.9. The number of nitrogens with zero attached hydrogens (tertiary/aromatic N) is 1. The van der Waals surface area contributed by atoms with Crippen LogP contribution in [0, 0.1) is 18.6 Å². The van der Waals surface area contributed by atoms with Crippen molar-refractivity contribution in [2.75, 3.05) is 25.1 Å². The molecule has 3 rings (SSSR count). The van der Waals surface area contributed by atoms with Crippen LogP contribution in [0.4, 0.5) is 19.3 Å². The summed E-state index contributed by atoms with van der Waals surface area (Å²) in [5, 5.41) is 5.31. The van der Waals surface area contributed by atoms with Gasteiger partial charge in [0.15, 0.2) is 0 Å². The Balaban J connectivity index is 2.10. The second-order valence-electron chi connectivity index (χ2n) is 8.43. The number of anilines is 1. The number of nitrogens with one attached hydrogen (secondary N) is 2. The Bertz CT molecular complexity index is 1120. The molecule has 1 aliphatic rings. The van der Waals surface area contributed by atoms with Crippen molar-refractivity contribution in [1.29, 1.82) is 0 Å². The quantitative estimate of drug-likeness (QED) is 0.668. The van der Waals surface area contributed by atoms with Gasteiger partial charge in [0.2, 0.25) is 5.60 Å². The molecule has 2 aromatic carbocycles. The highest BCUT2D eigenvalue weighted by atomic mass is 19.1. The zero-order valence-corrected chi connectivity index (χ0v) is 19.6. The molecule has 0 saturated carbocycles. The summed E-state index contributed by atoms with van der Waals surface area (Å²) in [5.74, 6) is -2.39. The molecule has 182 valence electrons. The van der Waals surface area contributed by atoms with Gasteiger partial charge in [-0.1, -0.05) is 0 Å². The Morgan fingerprint density at radius 2 is 1.79 bits per heavy atom. The van der Waals surface area contributed by atoms with Gasteiger partial charge in [-0.05, 0) is 57.5 Å². The highest BCUT2D eigenvalue weighted by Crippen LogP contribution is 2.43. The van der Waals surface area contributed by atoms with Crippen LogP contribution < -0.4 is 20.3 Å². The summed E-state index contributed by atoms with van der Waals surface area (Å²) in [5.41, 5.74) is -0.534. The molecule has 3 amide bonds. The Kier molecular flexibility index (Phi) is 7.09. The smallest absolute Gasteiger partial charge is 0.406 e. The minimum absolute atomic E-state index is 0.00795. The molecule has 0 spiro atoms. The van der Waals surface area contributed by atoms with Crippen molar-refractivity contribution < 1.29 is 32.6 Å². The molecule has 0 bridgehead atoms. The summed E-state index contributed by atoms with van der Waals surface area (Å²) in [6, 6.07) is 5.81. The summed E-state index contributed by atoms with van der Waals surface area (Å²) in [4.78, 5) is 39.2. The largest absolute Gasteiger partial charge is 0.471 e. The monoisotopic (exact) mass is 475 g/mol. The van der Waals surface area contributed by atoms with Gasteiger partial charge in [0.25, 0.3) is 11.8 Å². The predicted molar refractivity (Wildman–Crippen MR) is 121 cm³/mol. The molecule has 2 N–H and O–H groups in total. The Labute approximate surface area is 196 Å². The fourth-order valence-corrected chi connectivity index (χ4v) is 3.75. The second-order valence-corrected chi connectivity index (χ2v) is 8.43. The first-order chi connectivity index (χ1) is 16.0. The maximum atomic E-state index is 14.0. The van der Waals surface area contributed by atoms with Crippen molar-refractivity contribution in [3.63, 3.8) is 0 Å². The first-order valence-electron chi connectivity index (χ1n) is 10.7. The lowest BCUT2D eigenvalue weighted by Crippen LogP contribution is -2.54. The van der Waals surface area contributed by atoms with Crippen LogP contribution in [-0.2, 0) is 15.1 Å². The maximum Gasteiger partial charge on any atom is 0.406 e. The first-order valence-corrected chi connectivity index (χ1v) is 10.7. The van der Waals surface area contributed by atoms with Crippen LogP contribution in [0.1, 0.15) is 42.3 Å². The number of alkyl carbamates (subject to hydrolysis) is 1. The predicted octanol–water partition coefficient (Wildman–Crippen LogP) is 3.41. The van der Waals surface area contributed by atoms with E-state index in [1.165, 1.54) is 25.0 Å². The van der Waals surface area contributed by atoms with E-state index < -0.39 is 29.2 Å². The lowest BCUT2D eigenvalue weighted by atomic mass is 9.91. The van der Waals surface area contributed by atoms with Crippen molar-refractivity contribution in [3.05, 3.63) is 58.7 Å². The van der Waals surface area contributed by atoms with Crippen LogP contribution in [0.3, 0.4) is 0 Å². The number of carbonyl (C=O) groups is 3. The van der Waals surface area contributed by atoms with Gasteiger partial charge in [0.05, 0.1) is 12.8 Å². The zero-order valence-electron chi connectivity index (χ0n) is 19.6. The number of halogens is 2. The third-order valence-electron chi connectivity index (χ3n) is 5.43. The average molecular weight is 475 g/mol. The topological polar surface area (TPSA) is 97.0 Å². The molecule has 1 aliphatic heterocycles. The van der Waals surface area contributed by atoms with Gasteiger partial charge in [0, 0.05) is 36.3 Å². The van der Waals surface area contributed by atoms with E-state index in [1.54, 1.807) is 13.0 Å². The molecule has 0 saturated heterocycles. The number of carbonyl (C=O) groups excluding carboxylic acids is 3. The summed E-state index contributed by atoms with van der Waals surface area (Å²) >= 11 is 0. The lowest BCUT2D eigenvalue weighted by molar-refractivity contribution is -0.135. The minimum Gasteiger partial charge on any atom is -0.471 e. The van der Waals surface area contributed by atoms with Gasteiger partial charge >= 0.3 is 6.09 Å². The van der Waals surface area contributed by atoms with Crippen LogP contribution in [0.2, 0.25) is 0 Å². The summed E-state index contributed by atoms with van der Waals surface area (Å²) in [7, 11) is 1.21. The van der Waals surface area contributed by atoms with Crippen LogP contribution >= 0.6 is 0 Å². The fourth-order valence-electron chi connectivity index (χ4n) is 3.75. The van der Waals surface area contributed by atoms with Crippen LogP contribution in [0.5, 0.6) is 5.75 Å². The van der Waals surface area contributed by atoms with E-state index in [0.717, 1.165) is 12.1 Å². The molecule has 8 nitrogen and oxygen atoms in total. The van der Waals surface area contributed by atoms with Crippen molar-refractivity contribution in [3.8, 4) is 5.75 Å². The summed E-state index contributed by atoms with van der Waals surface area (Å²) in [6.45, 7) is 6.80. The normalized spacial score (nSPS) is 17.2. The van der Waals surface area contributed by atoms with Gasteiger partial charge in [0.1, 0.15) is 17.4 Å². The average Bonchev–Trinajstić information content (AvgIpc) is 2.74. The van der Waals surface area contributed by atoms with Crippen LogP contribution in [0.25, 0.3) is 0 Å². The number of ether oxygens (including phenoxy) is 2. The molecule has 1 unspecified atom stereocenters. The molecular formula is C24H27F2N3O5. The van der Waals surface area contributed by atoms with E-state index in [2.05, 4.69) is 15.4 Å². The Morgan fingerprint density at radius 3 is 2.38 bits per heavy atom. The number of hydrogen-bond donors (Lipinski definition) is 2. The number of fused-ring (bicyclic) bond motifs is 1. The molecule has 2 aromatic rings. The van der Waals surface area contributed by atoms with Crippen molar-refractivity contribution in [1.82, 2.24) is 10.6 Å². The van der Waals surface area contributed by atoms with E-state index in [9.17, 15) is 23.2 Å². The molecule has 1 heterocycles. The van der Waals surface area contributed by atoms with Crippen molar-refractivity contribution in [2.24, 2.45) is 0 Å². The highest BCUT2D eigenvalue weighted by molar-refractivity contribution is 6.05. The molecule has 0 aromatic heterocycles. The molecule has 34 heavy (non-hydrogen) atoms. The third kappa shape index (κ3) is 4.95. The standard InChI is InChI=1S/C24H27F2N3O5/c1-13(2)28-21(30)18-12-19-20(8-14(18)3)34-24(4,15-9-16(25)11-17(26)10-15)22(31)29(19)7-6-27-23(32)33-5/h8-13H,6-7H2,1-5H3,(H,27,32)(H,28,30). The van der Waals surface area contributed by atoms with Gasteiger partial charge < -0.3 is 25.0 Å². The fraction of sp³-hybridized carbons (Fsp3) is 0.375. The number of methoxy groups -OCH3 is 1. The SMILES string of the molecule is COC(=O)NCCN1C(=O)C(C)(c2cc(F)cc(F)c2)Oc2cc(C)c(C(=O)NC(C)C)cc21. The second kappa shape index (κ2) is 9.66. The van der Waals surface area contributed by atoms with E-state index in [0.29, 0.717) is 22.9 Å². The van der Waals surface area contributed by atoms with Gasteiger partial charge in [-0.25, -0.2) is 13.6 Å². The van der Waals surface area contributed by atoms with E-state index in [1.807, 2.05) is 13.8 Å². The summed E-state index contributed by atoms with van der Waals surface area (Å²) in [6.07, 6.45) is -0.684.